The quantitative estimate of drug-likeness (QED) is 0.901. The van der Waals surface area contributed by atoms with E-state index in [2.05, 4.69) is 43.2 Å². The average Bonchev–Trinajstić information content (AvgIpc) is 2.93. The molecular formula is C15H26N4O2. The van der Waals surface area contributed by atoms with E-state index in [0.717, 1.165) is 25.3 Å². The maximum absolute atomic E-state index is 12.4. The number of amides is 1. The molecule has 0 aromatic carbocycles. The second-order valence-electron chi connectivity index (χ2n) is 6.29. The van der Waals surface area contributed by atoms with Gasteiger partial charge in [0.25, 0.3) is 0 Å². The Bertz CT molecular complexity index is 470. The number of nitrogens with one attached hydrogen (secondary N) is 1. The lowest BCUT2D eigenvalue weighted by Crippen LogP contribution is -2.43. The average molecular weight is 294 g/mol. The first-order valence-electron chi connectivity index (χ1n) is 7.78. The Morgan fingerprint density at radius 1 is 1.48 bits per heavy atom. The zero-order valence-corrected chi connectivity index (χ0v) is 13.4. The van der Waals surface area contributed by atoms with Crippen molar-refractivity contribution in [2.24, 2.45) is 11.8 Å². The van der Waals surface area contributed by atoms with Crippen molar-refractivity contribution in [3.8, 4) is 0 Å². The molecule has 1 aliphatic heterocycles. The molecular weight excluding hydrogens is 268 g/mol. The third kappa shape index (κ3) is 3.81. The van der Waals surface area contributed by atoms with Crippen LogP contribution in [0.5, 0.6) is 0 Å². The van der Waals surface area contributed by atoms with Crippen LogP contribution in [-0.4, -0.2) is 33.4 Å². The predicted octanol–water partition coefficient (Wildman–Crippen LogP) is 1.93. The molecule has 0 aliphatic carbocycles. The van der Waals surface area contributed by atoms with Gasteiger partial charge < -0.3 is 14.6 Å². The van der Waals surface area contributed by atoms with E-state index < -0.39 is 0 Å². The van der Waals surface area contributed by atoms with Crippen LogP contribution in [-0.2, 0) is 16.1 Å². The molecule has 1 aromatic rings. The predicted molar refractivity (Wildman–Crippen MR) is 79.6 cm³/mol. The van der Waals surface area contributed by atoms with Gasteiger partial charge in [-0.3, -0.25) is 4.79 Å². The summed E-state index contributed by atoms with van der Waals surface area (Å²) in [6, 6.07) is 0.285. The van der Waals surface area contributed by atoms with Gasteiger partial charge in [0.2, 0.25) is 5.91 Å². The van der Waals surface area contributed by atoms with Crippen molar-refractivity contribution >= 4 is 5.91 Å². The fourth-order valence-electron chi connectivity index (χ4n) is 2.86. The van der Waals surface area contributed by atoms with Crippen LogP contribution in [0, 0.1) is 11.8 Å². The van der Waals surface area contributed by atoms with Gasteiger partial charge >= 0.3 is 0 Å². The number of hydrogen-bond donors (Lipinski definition) is 1. The van der Waals surface area contributed by atoms with E-state index in [1.165, 1.54) is 0 Å². The lowest BCUT2D eigenvalue weighted by Gasteiger charge is -2.33. The number of carbonyl (C=O) groups excluding carboxylic acids is 1. The van der Waals surface area contributed by atoms with Gasteiger partial charge in [0, 0.05) is 12.6 Å². The first kappa shape index (κ1) is 15.9. The van der Waals surface area contributed by atoms with Crippen molar-refractivity contribution in [2.75, 3.05) is 6.61 Å². The third-order valence-corrected chi connectivity index (χ3v) is 3.98. The molecule has 1 saturated heterocycles. The summed E-state index contributed by atoms with van der Waals surface area (Å²) in [6.07, 6.45) is 3.56. The van der Waals surface area contributed by atoms with Gasteiger partial charge in [-0.1, -0.05) is 13.8 Å². The Labute approximate surface area is 126 Å². The van der Waals surface area contributed by atoms with E-state index in [9.17, 15) is 4.79 Å². The molecule has 6 nitrogen and oxygen atoms in total. The molecule has 0 bridgehead atoms. The Hall–Kier alpha value is -1.43. The Kier molecular flexibility index (Phi) is 5.33. The summed E-state index contributed by atoms with van der Waals surface area (Å²) in [7, 11) is 0. The molecule has 21 heavy (non-hydrogen) atoms. The van der Waals surface area contributed by atoms with Crippen molar-refractivity contribution in [1.29, 1.82) is 0 Å². The van der Waals surface area contributed by atoms with Crippen molar-refractivity contribution in [3.63, 3.8) is 0 Å². The lowest BCUT2D eigenvalue weighted by molar-refractivity contribution is -0.137. The van der Waals surface area contributed by atoms with E-state index in [0.29, 0.717) is 12.5 Å². The largest absolute Gasteiger partial charge is 0.377 e. The number of rotatable bonds is 5. The summed E-state index contributed by atoms with van der Waals surface area (Å²) in [5.74, 6) is 1.14. The Morgan fingerprint density at radius 2 is 2.24 bits per heavy atom. The fraction of sp³-hybridized carbons (Fsp3) is 0.800. The van der Waals surface area contributed by atoms with E-state index in [4.69, 9.17) is 4.74 Å². The van der Waals surface area contributed by atoms with Gasteiger partial charge in [-0.25, -0.2) is 0 Å². The first-order chi connectivity index (χ1) is 10.0. The summed E-state index contributed by atoms with van der Waals surface area (Å²) < 4.78 is 7.75. The molecule has 0 saturated carbocycles. The normalized spacial score (nSPS) is 22.8. The summed E-state index contributed by atoms with van der Waals surface area (Å²) in [5.41, 5.74) is 0. The van der Waals surface area contributed by atoms with Crippen LogP contribution in [0.25, 0.3) is 0 Å². The maximum Gasteiger partial charge on any atom is 0.226 e. The molecule has 1 aliphatic rings. The second kappa shape index (κ2) is 7.02. The van der Waals surface area contributed by atoms with Crippen LogP contribution in [0.1, 0.15) is 52.4 Å². The molecule has 1 N–H and O–H groups in total. The van der Waals surface area contributed by atoms with Gasteiger partial charge in [0.1, 0.15) is 6.33 Å². The summed E-state index contributed by atoms with van der Waals surface area (Å²) in [5, 5.41) is 11.0. The van der Waals surface area contributed by atoms with Crippen molar-refractivity contribution in [2.45, 2.75) is 59.2 Å². The Balaban J connectivity index is 1.95. The number of ether oxygens (including phenoxy) is 1. The maximum atomic E-state index is 12.4. The van der Waals surface area contributed by atoms with Crippen LogP contribution < -0.4 is 5.32 Å². The molecule has 2 atom stereocenters. The van der Waals surface area contributed by atoms with Crippen LogP contribution in [0.4, 0.5) is 0 Å². The molecule has 118 valence electrons. The van der Waals surface area contributed by atoms with Crippen LogP contribution >= 0.6 is 0 Å². The highest BCUT2D eigenvalue weighted by molar-refractivity contribution is 5.79. The lowest BCUT2D eigenvalue weighted by atomic mass is 9.87. The summed E-state index contributed by atoms with van der Waals surface area (Å²) in [6.45, 7) is 9.51. The highest BCUT2D eigenvalue weighted by Crippen LogP contribution is 2.26. The molecule has 2 heterocycles. The molecule has 1 amide bonds. The van der Waals surface area contributed by atoms with Gasteiger partial charge in [-0.15, -0.1) is 10.2 Å². The molecule has 0 spiro atoms. The van der Waals surface area contributed by atoms with Gasteiger partial charge in [-0.2, -0.15) is 0 Å². The van der Waals surface area contributed by atoms with E-state index in [-0.39, 0.29) is 24.0 Å². The van der Waals surface area contributed by atoms with Crippen LogP contribution in [0.15, 0.2) is 6.33 Å². The molecule has 1 fully saturated rings. The zero-order valence-electron chi connectivity index (χ0n) is 13.4. The topological polar surface area (TPSA) is 69.0 Å². The monoisotopic (exact) mass is 294 g/mol. The summed E-state index contributed by atoms with van der Waals surface area (Å²) >= 11 is 0. The van der Waals surface area contributed by atoms with Crippen LogP contribution in [0.3, 0.4) is 0 Å². The van der Waals surface area contributed by atoms with E-state index >= 15 is 0 Å². The fourth-order valence-corrected chi connectivity index (χ4v) is 2.86. The Morgan fingerprint density at radius 3 is 2.90 bits per heavy atom. The molecule has 0 radical (unpaired) electrons. The number of hydrogen-bond acceptors (Lipinski definition) is 4. The molecule has 0 unspecified atom stereocenters. The second-order valence-corrected chi connectivity index (χ2v) is 6.29. The van der Waals surface area contributed by atoms with Gasteiger partial charge in [0.05, 0.1) is 18.6 Å². The first-order valence-corrected chi connectivity index (χ1v) is 7.78. The minimum Gasteiger partial charge on any atom is -0.377 e. The summed E-state index contributed by atoms with van der Waals surface area (Å²) in [4.78, 5) is 12.4. The highest BCUT2D eigenvalue weighted by atomic mass is 16.5. The van der Waals surface area contributed by atoms with Gasteiger partial charge in [0.15, 0.2) is 5.82 Å². The van der Waals surface area contributed by atoms with Crippen LogP contribution in [0.2, 0.25) is 0 Å². The zero-order chi connectivity index (χ0) is 15.4. The minimum absolute atomic E-state index is 0.0155. The number of aromatic nitrogens is 3. The smallest absolute Gasteiger partial charge is 0.226 e. The third-order valence-electron chi connectivity index (χ3n) is 3.98. The van der Waals surface area contributed by atoms with Crippen molar-refractivity contribution in [3.05, 3.63) is 12.2 Å². The number of nitrogens with zero attached hydrogens (tertiary/aromatic N) is 3. The van der Waals surface area contributed by atoms with Gasteiger partial charge in [-0.05, 0) is 32.6 Å². The molecule has 1 aromatic heterocycles. The minimum atomic E-state index is -0.0610. The van der Waals surface area contributed by atoms with Crippen molar-refractivity contribution in [1.82, 2.24) is 20.1 Å². The van der Waals surface area contributed by atoms with Crippen molar-refractivity contribution < 1.29 is 9.53 Å². The van der Waals surface area contributed by atoms with E-state index in [1.54, 1.807) is 6.33 Å². The number of carbonyl (C=O) groups is 1. The molecule has 6 heteroatoms. The SMILES string of the molecule is CC(C)[C@H]1OCCC[C@H]1C(=O)NCc1nncn1C(C)C. The standard InChI is InChI=1S/C15H26N4O2/c1-10(2)14-12(6-5-7-21-14)15(20)16-8-13-18-17-9-19(13)11(3)4/h9-12,14H,5-8H2,1-4H3,(H,16,20)/t12-,14-/m1/s1. The molecule has 2 rings (SSSR count). The van der Waals surface area contributed by atoms with E-state index in [1.807, 2.05) is 4.57 Å². The highest BCUT2D eigenvalue weighted by Gasteiger charge is 2.33.